The number of carbonyl (C=O) groups is 4. The van der Waals surface area contributed by atoms with Gasteiger partial charge in [-0.3, -0.25) is 29.1 Å². The van der Waals surface area contributed by atoms with E-state index >= 15 is 0 Å². The molecule has 164 valence electrons. The first-order chi connectivity index (χ1) is 15.0. The molecule has 0 saturated heterocycles. The lowest BCUT2D eigenvalue weighted by Crippen LogP contribution is -2.49. The smallest absolute Gasteiger partial charge is 0.253 e. The van der Waals surface area contributed by atoms with Crippen LogP contribution in [-0.4, -0.2) is 52.7 Å². The van der Waals surface area contributed by atoms with Crippen molar-refractivity contribution in [2.24, 2.45) is 0 Å². The number of unbranched alkanes of at least 4 members (excludes halogenated alkanes) is 1. The number of hydrogen-bond acceptors (Lipinski definition) is 6. The predicted octanol–water partition coefficient (Wildman–Crippen LogP) is 0.636. The zero-order valence-electron chi connectivity index (χ0n) is 17.3. The topological polar surface area (TPSA) is 142 Å². The van der Waals surface area contributed by atoms with Gasteiger partial charge in [0.1, 0.15) is 6.04 Å². The first kappa shape index (κ1) is 23.5. The highest BCUT2D eigenvalue weighted by molar-refractivity contribution is 5.98. The summed E-state index contributed by atoms with van der Waals surface area (Å²) in [5.74, 6) is -1.83. The molecule has 31 heavy (non-hydrogen) atoms. The molecule has 10 nitrogen and oxygen atoms in total. The minimum atomic E-state index is -0.783. The van der Waals surface area contributed by atoms with Gasteiger partial charge < -0.3 is 21.3 Å². The molecule has 2 aromatic rings. The maximum atomic E-state index is 12.5. The summed E-state index contributed by atoms with van der Waals surface area (Å²) in [7, 11) is 0. The van der Waals surface area contributed by atoms with Crippen molar-refractivity contribution >= 4 is 29.3 Å². The Bertz CT molecular complexity index is 876. The normalized spacial score (nSPS) is 11.1. The highest BCUT2D eigenvalue weighted by Crippen LogP contribution is 2.04. The third kappa shape index (κ3) is 8.60. The molecule has 0 bridgehead atoms. The van der Waals surface area contributed by atoms with Gasteiger partial charge in [-0.1, -0.05) is 19.8 Å². The van der Waals surface area contributed by atoms with Crippen molar-refractivity contribution < 1.29 is 19.2 Å². The number of aromatic nitrogens is 2. The van der Waals surface area contributed by atoms with Gasteiger partial charge in [0.2, 0.25) is 17.7 Å². The summed E-state index contributed by atoms with van der Waals surface area (Å²) in [6.07, 6.45) is 8.03. The van der Waals surface area contributed by atoms with E-state index in [0.717, 1.165) is 12.8 Å². The number of anilines is 1. The maximum absolute atomic E-state index is 12.5. The fourth-order valence-corrected chi connectivity index (χ4v) is 2.59. The third-order valence-electron chi connectivity index (χ3n) is 4.21. The number of nitrogens with one attached hydrogen (secondary N) is 4. The van der Waals surface area contributed by atoms with Crippen LogP contribution in [0.1, 0.15) is 36.5 Å². The van der Waals surface area contributed by atoms with Crippen LogP contribution in [0.25, 0.3) is 0 Å². The van der Waals surface area contributed by atoms with Crippen LogP contribution in [0.5, 0.6) is 0 Å². The number of pyridine rings is 2. The van der Waals surface area contributed by atoms with E-state index in [-0.39, 0.29) is 13.1 Å². The minimum absolute atomic E-state index is 0.249. The number of amides is 4. The van der Waals surface area contributed by atoms with E-state index in [0.29, 0.717) is 17.7 Å². The molecule has 0 spiro atoms. The van der Waals surface area contributed by atoms with Gasteiger partial charge in [0.25, 0.3) is 5.91 Å². The maximum Gasteiger partial charge on any atom is 0.253 e. The van der Waals surface area contributed by atoms with E-state index in [1.165, 1.54) is 12.4 Å². The highest BCUT2D eigenvalue weighted by Gasteiger charge is 2.21. The zero-order chi connectivity index (χ0) is 22.5. The second-order valence-corrected chi connectivity index (χ2v) is 6.69. The summed E-state index contributed by atoms with van der Waals surface area (Å²) in [6, 6.07) is 5.79. The largest absolute Gasteiger partial charge is 0.345 e. The van der Waals surface area contributed by atoms with Crippen LogP contribution in [0, 0.1) is 0 Å². The van der Waals surface area contributed by atoms with Crippen molar-refractivity contribution in [3.63, 3.8) is 0 Å². The summed E-state index contributed by atoms with van der Waals surface area (Å²) < 4.78 is 0. The number of rotatable bonds is 11. The molecular formula is C21H26N6O4. The molecule has 2 rings (SSSR count). The average Bonchev–Trinajstić information content (AvgIpc) is 2.79. The lowest BCUT2D eigenvalue weighted by atomic mass is 10.1. The Morgan fingerprint density at radius 2 is 1.65 bits per heavy atom. The first-order valence-electron chi connectivity index (χ1n) is 9.94. The van der Waals surface area contributed by atoms with Gasteiger partial charge in [-0.2, -0.15) is 0 Å². The lowest BCUT2D eigenvalue weighted by molar-refractivity contribution is -0.127. The van der Waals surface area contributed by atoms with Crippen molar-refractivity contribution in [2.75, 3.05) is 18.4 Å². The van der Waals surface area contributed by atoms with Crippen LogP contribution in [0.2, 0.25) is 0 Å². The Morgan fingerprint density at radius 1 is 0.935 bits per heavy atom. The summed E-state index contributed by atoms with van der Waals surface area (Å²) in [4.78, 5) is 56.4. The van der Waals surface area contributed by atoms with Crippen LogP contribution in [0.15, 0.2) is 49.1 Å². The molecule has 10 heteroatoms. The Labute approximate surface area is 180 Å². The van der Waals surface area contributed by atoms with E-state index in [2.05, 4.69) is 31.2 Å². The monoisotopic (exact) mass is 426 g/mol. The van der Waals surface area contributed by atoms with Crippen LogP contribution in [0.4, 0.5) is 5.69 Å². The first-order valence-corrected chi connectivity index (χ1v) is 9.94. The second kappa shape index (κ2) is 12.7. The van der Waals surface area contributed by atoms with Crippen molar-refractivity contribution in [1.82, 2.24) is 25.9 Å². The van der Waals surface area contributed by atoms with Gasteiger partial charge in [-0.15, -0.1) is 0 Å². The molecule has 0 radical (unpaired) electrons. The molecule has 2 heterocycles. The summed E-state index contributed by atoms with van der Waals surface area (Å²) >= 11 is 0. The molecular weight excluding hydrogens is 400 g/mol. The molecule has 4 amide bonds. The molecule has 0 fully saturated rings. The van der Waals surface area contributed by atoms with Crippen molar-refractivity contribution in [3.05, 3.63) is 54.6 Å². The molecule has 0 aliphatic rings. The van der Waals surface area contributed by atoms with Crippen LogP contribution < -0.4 is 21.3 Å². The second-order valence-electron chi connectivity index (χ2n) is 6.69. The van der Waals surface area contributed by atoms with Gasteiger partial charge in [0, 0.05) is 18.6 Å². The third-order valence-corrected chi connectivity index (χ3v) is 4.21. The summed E-state index contributed by atoms with van der Waals surface area (Å²) in [5, 5.41) is 10.2. The Balaban J connectivity index is 1.79. The molecule has 0 saturated carbocycles. The molecule has 0 unspecified atom stereocenters. The van der Waals surface area contributed by atoms with E-state index in [1.807, 2.05) is 6.92 Å². The number of nitrogens with zero attached hydrogens (tertiary/aromatic N) is 2. The summed E-state index contributed by atoms with van der Waals surface area (Å²) in [6.45, 7) is 1.41. The fourth-order valence-electron chi connectivity index (χ4n) is 2.59. The number of hydrogen-bond donors (Lipinski definition) is 4. The zero-order valence-corrected chi connectivity index (χ0v) is 17.3. The van der Waals surface area contributed by atoms with Gasteiger partial charge in [0.15, 0.2) is 0 Å². The number of carbonyl (C=O) groups excluding carboxylic acids is 4. The van der Waals surface area contributed by atoms with E-state index in [4.69, 9.17) is 0 Å². The van der Waals surface area contributed by atoms with E-state index in [1.54, 1.807) is 36.7 Å². The molecule has 0 aromatic carbocycles. The van der Waals surface area contributed by atoms with Crippen molar-refractivity contribution in [1.29, 1.82) is 0 Å². The van der Waals surface area contributed by atoms with Gasteiger partial charge in [-0.05, 0) is 30.7 Å². The molecule has 1 atom stereocenters. The van der Waals surface area contributed by atoms with Gasteiger partial charge in [-0.25, -0.2) is 0 Å². The highest BCUT2D eigenvalue weighted by atomic mass is 16.2. The van der Waals surface area contributed by atoms with Crippen LogP contribution in [-0.2, 0) is 14.4 Å². The van der Waals surface area contributed by atoms with Crippen LogP contribution in [0.3, 0.4) is 0 Å². The lowest BCUT2D eigenvalue weighted by Gasteiger charge is -2.18. The predicted molar refractivity (Wildman–Crippen MR) is 114 cm³/mol. The molecule has 0 aliphatic heterocycles. The van der Waals surface area contributed by atoms with Gasteiger partial charge in [0.05, 0.1) is 30.5 Å². The van der Waals surface area contributed by atoms with E-state index in [9.17, 15) is 19.2 Å². The fraction of sp³-hybridized carbons (Fsp3) is 0.333. The molecule has 2 aromatic heterocycles. The Hall–Kier alpha value is -3.82. The Morgan fingerprint density at radius 3 is 2.29 bits per heavy atom. The molecule has 4 N–H and O–H groups in total. The Kier molecular flexibility index (Phi) is 9.60. The summed E-state index contributed by atoms with van der Waals surface area (Å²) in [5.41, 5.74) is 0.854. The SMILES string of the molecule is CCCC[C@H](NC(=O)c1cccnc1)C(=O)NCC(=O)NCC(=O)Nc1cccnc1. The molecule has 0 aliphatic carbocycles. The average molecular weight is 426 g/mol. The standard InChI is InChI=1S/C21H26N6O4/c1-2-3-8-17(27-20(30)15-6-4-9-22-11-15)21(31)25-13-18(28)24-14-19(29)26-16-7-5-10-23-12-16/h4-7,9-12,17H,2-3,8,13-14H2,1H3,(H,24,28)(H,25,31)(H,26,29)(H,27,30)/t17-/m0/s1. The van der Waals surface area contributed by atoms with Crippen molar-refractivity contribution in [3.8, 4) is 0 Å². The van der Waals surface area contributed by atoms with Gasteiger partial charge >= 0.3 is 0 Å². The van der Waals surface area contributed by atoms with Crippen molar-refractivity contribution in [2.45, 2.75) is 32.2 Å². The minimum Gasteiger partial charge on any atom is -0.345 e. The quantitative estimate of drug-likeness (QED) is 0.415. The van der Waals surface area contributed by atoms with E-state index < -0.39 is 29.7 Å². The van der Waals surface area contributed by atoms with Crippen LogP contribution >= 0.6 is 0 Å².